The van der Waals surface area contributed by atoms with Crippen molar-refractivity contribution in [3.63, 3.8) is 0 Å². The number of sulfonamides is 1. The van der Waals surface area contributed by atoms with Gasteiger partial charge in [-0.3, -0.25) is 4.79 Å². The first-order chi connectivity index (χ1) is 15.3. The molecule has 0 radical (unpaired) electrons. The minimum absolute atomic E-state index is 0.204. The fourth-order valence-corrected chi connectivity index (χ4v) is 5.07. The number of likely N-dealkylation sites (tertiary alicyclic amines) is 1. The van der Waals surface area contributed by atoms with E-state index < -0.39 is 10.0 Å². The van der Waals surface area contributed by atoms with Crippen LogP contribution in [0.2, 0.25) is 0 Å². The van der Waals surface area contributed by atoms with Crippen LogP contribution >= 0.6 is 0 Å². The zero-order valence-corrected chi connectivity index (χ0v) is 19.3. The van der Waals surface area contributed by atoms with Gasteiger partial charge in [-0.1, -0.05) is 54.6 Å². The van der Waals surface area contributed by atoms with Gasteiger partial charge in [-0.05, 0) is 65.8 Å². The summed E-state index contributed by atoms with van der Waals surface area (Å²) in [5.41, 5.74) is 6.01. The second kappa shape index (κ2) is 9.27. The minimum atomic E-state index is -3.61. The van der Waals surface area contributed by atoms with Crippen LogP contribution in [0.3, 0.4) is 0 Å². The Hall–Kier alpha value is -2.96. The van der Waals surface area contributed by atoms with E-state index in [1.165, 1.54) is 0 Å². The fraction of sp³-hybridized carbons (Fsp3) is 0.269. The largest absolute Gasteiger partial charge is 0.338 e. The third-order valence-electron chi connectivity index (χ3n) is 6.07. The maximum atomic E-state index is 12.8. The van der Waals surface area contributed by atoms with Gasteiger partial charge in [-0.2, -0.15) is 0 Å². The Balaban J connectivity index is 1.50. The van der Waals surface area contributed by atoms with E-state index in [1.54, 1.807) is 12.1 Å². The molecule has 1 saturated heterocycles. The lowest BCUT2D eigenvalue weighted by atomic mass is 9.98. The normalized spacial score (nSPS) is 14.2. The molecular weight excluding hydrogens is 420 g/mol. The van der Waals surface area contributed by atoms with Crippen molar-refractivity contribution in [2.75, 3.05) is 6.54 Å². The summed E-state index contributed by atoms with van der Waals surface area (Å²) in [4.78, 5) is 14.0. The molecule has 3 aromatic carbocycles. The molecule has 1 amide bonds. The molecule has 6 heteroatoms. The van der Waals surface area contributed by atoms with Gasteiger partial charge in [-0.15, -0.1) is 0 Å². The van der Waals surface area contributed by atoms with Crippen LogP contribution in [0, 0.1) is 13.8 Å². The molecule has 1 fully saturated rings. The number of rotatable bonds is 7. The van der Waals surface area contributed by atoms with E-state index in [9.17, 15) is 13.2 Å². The van der Waals surface area contributed by atoms with Crippen molar-refractivity contribution in [2.24, 2.45) is 0 Å². The Labute approximate surface area is 190 Å². The number of hydrogen-bond donors (Lipinski definition) is 1. The summed E-state index contributed by atoms with van der Waals surface area (Å²) in [6, 6.07) is 21.1. The molecule has 5 nitrogen and oxygen atoms in total. The number of nitrogens with zero attached hydrogens (tertiary/aromatic N) is 1. The monoisotopic (exact) mass is 448 g/mol. The van der Waals surface area contributed by atoms with E-state index in [1.807, 2.05) is 73.3 Å². The second-order valence-electron chi connectivity index (χ2n) is 8.34. The van der Waals surface area contributed by atoms with Gasteiger partial charge >= 0.3 is 0 Å². The summed E-state index contributed by atoms with van der Waals surface area (Å²) >= 11 is 0. The molecule has 0 spiro atoms. The average molecular weight is 449 g/mol. The number of carbonyl (C=O) groups is 1. The third-order valence-corrected chi connectivity index (χ3v) is 7.47. The van der Waals surface area contributed by atoms with Crippen molar-refractivity contribution in [1.82, 2.24) is 9.62 Å². The molecular formula is C26H28N2O3S. The maximum absolute atomic E-state index is 12.8. The van der Waals surface area contributed by atoms with E-state index >= 15 is 0 Å². The van der Waals surface area contributed by atoms with Crippen molar-refractivity contribution in [1.29, 1.82) is 0 Å². The first kappa shape index (κ1) is 22.2. The number of benzene rings is 3. The zero-order valence-electron chi connectivity index (χ0n) is 18.5. The number of aryl methyl sites for hydroxylation is 2. The van der Waals surface area contributed by atoms with Crippen LogP contribution < -0.4 is 4.72 Å². The van der Waals surface area contributed by atoms with Crippen LogP contribution in [0.15, 0.2) is 71.6 Å². The highest BCUT2D eigenvalue weighted by Gasteiger charge is 2.20. The van der Waals surface area contributed by atoms with Gasteiger partial charge in [0.25, 0.3) is 0 Å². The van der Waals surface area contributed by atoms with Crippen molar-refractivity contribution in [3.8, 4) is 11.1 Å². The molecule has 0 aromatic heterocycles. The highest BCUT2D eigenvalue weighted by Crippen LogP contribution is 2.25. The van der Waals surface area contributed by atoms with Gasteiger partial charge in [0.05, 0.1) is 4.90 Å². The molecule has 0 atom stereocenters. The van der Waals surface area contributed by atoms with E-state index in [4.69, 9.17) is 0 Å². The summed E-state index contributed by atoms with van der Waals surface area (Å²) in [7, 11) is -3.61. The smallest absolute Gasteiger partial charge is 0.240 e. The number of nitrogens with one attached hydrogen (secondary N) is 1. The van der Waals surface area contributed by atoms with Crippen LogP contribution in [0.25, 0.3) is 11.1 Å². The van der Waals surface area contributed by atoms with Crippen molar-refractivity contribution in [2.45, 2.75) is 44.7 Å². The molecule has 166 valence electrons. The van der Waals surface area contributed by atoms with Gasteiger partial charge in [0.2, 0.25) is 15.9 Å². The Morgan fingerprint density at radius 1 is 0.938 bits per heavy atom. The highest BCUT2D eigenvalue weighted by atomic mass is 32.2. The summed E-state index contributed by atoms with van der Waals surface area (Å²) in [5, 5.41) is 0. The second-order valence-corrected chi connectivity index (χ2v) is 10.1. The van der Waals surface area contributed by atoms with Crippen molar-refractivity contribution >= 4 is 15.9 Å². The summed E-state index contributed by atoms with van der Waals surface area (Å²) in [6.07, 6.45) is 1.58. The lowest BCUT2D eigenvalue weighted by Gasteiger charge is -2.16. The fourth-order valence-electron chi connectivity index (χ4n) is 3.97. The standard InChI is InChI=1S/C26H28N2O3S/c1-19-9-14-24(16-20(19)2)32(30,31)27-17-23-6-3-4-7-25(23)22-12-10-21(11-13-22)18-28-15-5-8-26(28)29/h3-4,6-7,9-14,16,27H,5,8,15,17-18H2,1-2H3. The van der Waals surface area contributed by atoms with Crippen LogP contribution in [-0.4, -0.2) is 25.8 Å². The number of carbonyl (C=O) groups excluding carboxylic acids is 1. The van der Waals surface area contributed by atoms with Crippen LogP contribution in [-0.2, 0) is 27.9 Å². The number of hydrogen-bond acceptors (Lipinski definition) is 3. The SMILES string of the molecule is Cc1ccc(S(=O)(=O)NCc2ccccc2-c2ccc(CN3CCCC3=O)cc2)cc1C. The molecule has 1 N–H and O–H groups in total. The minimum Gasteiger partial charge on any atom is -0.338 e. The zero-order chi connectivity index (χ0) is 22.7. The third kappa shape index (κ3) is 4.92. The van der Waals surface area contributed by atoms with Crippen molar-refractivity contribution < 1.29 is 13.2 Å². The highest BCUT2D eigenvalue weighted by molar-refractivity contribution is 7.89. The van der Waals surface area contributed by atoms with Gasteiger partial charge in [0.15, 0.2) is 0 Å². The Bertz CT molecular complexity index is 1230. The topological polar surface area (TPSA) is 66.5 Å². The van der Waals surface area contributed by atoms with E-state index in [0.29, 0.717) is 13.0 Å². The van der Waals surface area contributed by atoms with Crippen LogP contribution in [0.1, 0.15) is 35.1 Å². The number of amides is 1. The first-order valence-electron chi connectivity index (χ1n) is 10.9. The quantitative estimate of drug-likeness (QED) is 0.576. The molecule has 0 unspecified atom stereocenters. The van der Waals surface area contributed by atoms with Gasteiger partial charge in [0, 0.05) is 26.1 Å². The lowest BCUT2D eigenvalue weighted by Crippen LogP contribution is -2.24. The predicted molar refractivity (Wildman–Crippen MR) is 126 cm³/mol. The molecule has 32 heavy (non-hydrogen) atoms. The Kier molecular flexibility index (Phi) is 6.44. The molecule has 0 saturated carbocycles. The lowest BCUT2D eigenvalue weighted by molar-refractivity contribution is -0.128. The Morgan fingerprint density at radius 2 is 1.69 bits per heavy atom. The summed E-state index contributed by atoms with van der Waals surface area (Å²) in [5.74, 6) is 0.218. The van der Waals surface area contributed by atoms with E-state index in [0.717, 1.165) is 46.3 Å². The van der Waals surface area contributed by atoms with Crippen LogP contribution in [0.5, 0.6) is 0 Å². The molecule has 4 rings (SSSR count). The van der Waals surface area contributed by atoms with E-state index in [2.05, 4.69) is 4.72 Å². The molecule has 3 aromatic rings. The first-order valence-corrected chi connectivity index (χ1v) is 12.3. The van der Waals surface area contributed by atoms with Gasteiger partial charge in [-0.25, -0.2) is 13.1 Å². The summed E-state index contributed by atoms with van der Waals surface area (Å²) in [6.45, 7) is 5.53. The van der Waals surface area contributed by atoms with Gasteiger partial charge < -0.3 is 4.90 Å². The van der Waals surface area contributed by atoms with E-state index in [-0.39, 0.29) is 17.3 Å². The molecule has 0 aliphatic carbocycles. The molecule has 1 aliphatic rings. The van der Waals surface area contributed by atoms with Gasteiger partial charge in [0.1, 0.15) is 0 Å². The predicted octanol–water partition coefficient (Wildman–Crippen LogP) is 4.57. The van der Waals surface area contributed by atoms with Crippen LogP contribution in [0.4, 0.5) is 0 Å². The van der Waals surface area contributed by atoms with Crippen molar-refractivity contribution in [3.05, 3.63) is 89.0 Å². The molecule has 1 aliphatic heterocycles. The maximum Gasteiger partial charge on any atom is 0.240 e. The Morgan fingerprint density at radius 3 is 2.38 bits per heavy atom. The summed E-state index contributed by atoms with van der Waals surface area (Å²) < 4.78 is 28.4. The molecule has 1 heterocycles. The molecule has 0 bridgehead atoms. The average Bonchev–Trinajstić information content (AvgIpc) is 3.19.